The normalized spacial score (nSPS) is 14.0. The number of pyridine rings is 1. The van der Waals surface area contributed by atoms with Crippen LogP contribution in [0.5, 0.6) is 5.75 Å². The summed E-state index contributed by atoms with van der Waals surface area (Å²) in [5, 5.41) is 0. The van der Waals surface area contributed by atoms with Crippen LogP contribution < -0.4 is 9.64 Å². The summed E-state index contributed by atoms with van der Waals surface area (Å²) in [6.07, 6.45) is 6.58. The molecule has 1 aliphatic rings. The second-order valence-electron chi connectivity index (χ2n) is 6.48. The van der Waals surface area contributed by atoms with Crippen molar-refractivity contribution in [1.82, 2.24) is 19.9 Å². The van der Waals surface area contributed by atoms with Gasteiger partial charge in [-0.05, 0) is 24.3 Å². The first kappa shape index (κ1) is 17.9. The van der Waals surface area contributed by atoms with Crippen molar-refractivity contribution in [3.05, 3.63) is 66.7 Å². The third-order valence-corrected chi connectivity index (χ3v) is 4.83. The van der Waals surface area contributed by atoms with Gasteiger partial charge in [0.25, 0.3) is 5.91 Å². The van der Waals surface area contributed by atoms with Crippen LogP contribution in [0.1, 0.15) is 10.4 Å². The molecule has 7 heteroatoms. The standard InChI is InChI=1S/C21H21N5O2/c1-28-19-5-3-2-4-18(19)25-10-12-26(13-11-25)21(27)17-14-23-20(24-15-17)16-6-8-22-9-7-16/h2-9,14-15H,10-13H2,1H3. The number of hydrogen-bond donors (Lipinski definition) is 0. The number of piperazine rings is 1. The van der Waals surface area contributed by atoms with Crippen LogP contribution in [0, 0.1) is 0 Å². The molecule has 0 spiro atoms. The number of amides is 1. The lowest BCUT2D eigenvalue weighted by Crippen LogP contribution is -2.48. The van der Waals surface area contributed by atoms with Gasteiger partial charge in [0.2, 0.25) is 0 Å². The number of ether oxygens (including phenoxy) is 1. The summed E-state index contributed by atoms with van der Waals surface area (Å²) in [5.74, 6) is 1.39. The van der Waals surface area contributed by atoms with E-state index in [-0.39, 0.29) is 5.91 Å². The largest absolute Gasteiger partial charge is 0.495 e. The predicted octanol–water partition coefficient (Wildman–Crippen LogP) is 2.51. The van der Waals surface area contributed by atoms with Gasteiger partial charge >= 0.3 is 0 Å². The molecule has 2 aromatic heterocycles. The number of hydrogen-bond acceptors (Lipinski definition) is 6. The van der Waals surface area contributed by atoms with E-state index in [1.165, 1.54) is 0 Å². The summed E-state index contributed by atoms with van der Waals surface area (Å²) in [7, 11) is 1.67. The van der Waals surface area contributed by atoms with Crippen molar-refractivity contribution in [2.75, 3.05) is 38.2 Å². The van der Waals surface area contributed by atoms with Crippen molar-refractivity contribution >= 4 is 11.6 Å². The topological polar surface area (TPSA) is 71.5 Å². The molecule has 4 rings (SSSR count). The van der Waals surface area contributed by atoms with E-state index in [1.807, 2.05) is 41.3 Å². The fourth-order valence-corrected chi connectivity index (χ4v) is 3.31. The molecule has 1 fully saturated rings. The molecule has 3 aromatic rings. The van der Waals surface area contributed by atoms with Gasteiger partial charge in [-0.3, -0.25) is 9.78 Å². The fraction of sp³-hybridized carbons (Fsp3) is 0.238. The lowest BCUT2D eigenvalue weighted by atomic mass is 10.2. The monoisotopic (exact) mass is 375 g/mol. The van der Waals surface area contributed by atoms with Gasteiger partial charge in [-0.1, -0.05) is 12.1 Å². The minimum Gasteiger partial charge on any atom is -0.495 e. The van der Waals surface area contributed by atoms with Gasteiger partial charge in [-0.15, -0.1) is 0 Å². The van der Waals surface area contributed by atoms with Crippen molar-refractivity contribution in [2.24, 2.45) is 0 Å². The second-order valence-corrected chi connectivity index (χ2v) is 6.48. The summed E-state index contributed by atoms with van der Waals surface area (Å²) in [6, 6.07) is 11.6. The number of carbonyl (C=O) groups is 1. The van der Waals surface area contributed by atoms with Gasteiger partial charge in [0, 0.05) is 56.5 Å². The Morgan fingerprint density at radius 2 is 1.64 bits per heavy atom. The number of benzene rings is 1. The van der Waals surface area contributed by atoms with Gasteiger partial charge in [0.15, 0.2) is 5.82 Å². The lowest BCUT2D eigenvalue weighted by molar-refractivity contribution is 0.0746. The van der Waals surface area contributed by atoms with Crippen molar-refractivity contribution in [3.8, 4) is 17.1 Å². The molecule has 142 valence electrons. The molecule has 0 bridgehead atoms. The number of methoxy groups -OCH3 is 1. The molecule has 1 saturated heterocycles. The van der Waals surface area contributed by atoms with Crippen molar-refractivity contribution in [3.63, 3.8) is 0 Å². The zero-order valence-corrected chi connectivity index (χ0v) is 15.7. The summed E-state index contributed by atoms with van der Waals surface area (Å²) < 4.78 is 5.45. The highest BCUT2D eigenvalue weighted by Crippen LogP contribution is 2.28. The molecular formula is C21H21N5O2. The molecular weight excluding hydrogens is 354 g/mol. The van der Waals surface area contributed by atoms with Gasteiger partial charge in [0.05, 0.1) is 18.4 Å². The zero-order chi connectivity index (χ0) is 19.3. The Bertz CT molecular complexity index is 939. The summed E-state index contributed by atoms with van der Waals surface area (Å²) >= 11 is 0. The second kappa shape index (κ2) is 8.04. The number of carbonyl (C=O) groups excluding carboxylic acids is 1. The maximum absolute atomic E-state index is 12.8. The van der Waals surface area contributed by atoms with Crippen LogP contribution in [0.4, 0.5) is 5.69 Å². The number of para-hydroxylation sites is 2. The quantitative estimate of drug-likeness (QED) is 0.698. The van der Waals surface area contributed by atoms with Gasteiger partial charge in [0.1, 0.15) is 5.75 Å². The Morgan fingerprint density at radius 1 is 0.964 bits per heavy atom. The number of rotatable bonds is 4. The van der Waals surface area contributed by atoms with Crippen molar-refractivity contribution in [1.29, 1.82) is 0 Å². The highest BCUT2D eigenvalue weighted by Gasteiger charge is 2.24. The lowest BCUT2D eigenvalue weighted by Gasteiger charge is -2.36. The summed E-state index contributed by atoms with van der Waals surface area (Å²) in [5.41, 5.74) is 2.44. The molecule has 28 heavy (non-hydrogen) atoms. The van der Waals surface area contributed by atoms with Crippen LogP contribution in [0.2, 0.25) is 0 Å². The van der Waals surface area contributed by atoms with Crippen molar-refractivity contribution < 1.29 is 9.53 Å². The molecule has 0 N–H and O–H groups in total. The highest BCUT2D eigenvalue weighted by molar-refractivity contribution is 5.94. The average molecular weight is 375 g/mol. The van der Waals surface area contributed by atoms with Crippen LogP contribution in [-0.4, -0.2) is 59.0 Å². The van der Waals surface area contributed by atoms with Crippen molar-refractivity contribution in [2.45, 2.75) is 0 Å². The maximum Gasteiger partial charge on any atom is 0.257 e. The third kappa shape index (κ3) is 3.64. The first-order chi connectivity index (χ1) is 13.8. The van der Waals surface area contributed by atoms with E-state index in [9.17, 15) is 4.79 Å². The van der Waals surface area contributed by atoms with Crippen LogP contribution in [0.25, 0.3) is 11.4 Å². The highest BCUT2D eigenvalue weighted by atomic mass is 16.5. The fourth-order valence-electron chi connectivity index (χ4n) is 3.31. The van der Waals surface area contributed by atoms with Gasteiger partial charge in [-0.2, -0.15) is 0 Å². The van der Waals surface area contributed by atoms with E-state index in [2.05, 4.69) is 19.9 Å². The predicted molar refractivity (Wildman–Crippen MR) is 106 cm³/mol. The smallest absolute Gasteiger partial charge is 0.257 e. The molecule has 0 unspecified atom stereocenters. The molecule has 0 radical (unpaired) electrons. The van der Waals surface area contributed by atoms with Gasteiger partial charge < -0.3 is 14.5 Å². The Hall–Kier alpha value is -3.48. The van der Waals surface area contributed by atoms with E-state index < -0.39 is 0 Å². The van der Waals surface area contributed by atoms with Crippen LogP contribution in [0.15, 0.2) is 61.2 Å². The van der Waals surface area contributed by atoms with Crippen LogP contribution >= 0.6 is 0 Å². The molecule has 1 aliphatic heterocycles. The van der Waals surface area contributed by atoms with E-state index in [0.717, 1.165) is 30.1 Å². The zero-order valence-electron chi connectivity index (χ0n) is 15.7. The van der Waals surface area contributed by atoms with E-state index in [0.29, 0.717) is 24.5 Å². The number of anilines is 1. The molecule has 1 amide bonds. The Balaban J connectivity index is 1.41. The number of nitrogens with zero attached hydrogens (tertiary/aromatic N) is 5. The summed E-state index contributed by atoms with van der Waals surface area (Å²) in [4.78, 5) is 29.6. The first-order valence-corrected chi connectivity index (χ1v) is 9.16. The molecule has 0 atom stereocenters. The third-order valence-electron chi connectivity index (χ3n) is 4.83. The number of aromatic nitrogens is 3. The van der Waals surface area contributed by atoms with Crippen LogP contribution in [0.3, 0.4) is 0 Å². The maximum atomic E-state index is 12.8. The Morgan fingerprint density at radius 3 is 2.32 bits per heavy atom. The SMILES string of the molecule is COc1ccccc1N1CCN(C(=O)c2cnc(-c3ccncc3)nc2)CC1. The first-order valence-electron chi connectivity index (χ1n) is 9.16. The minimum absolute atomic E-state index is 0.0408. The molecule has 0 aliphatic carbocycles. The van der Waals surface area contributed by atoms with E-state index >= 15 is 0 Å². The molecule has 7 nitrogen and oxygen atoms in total. The molecule has 1 aromatic carbocycles. The molecule has 0 saturated carbocycles. The Kier molecular flexibility index (Phi) is 5.14. The molecule has 3 heterocycles. The van der Waals surface area contributed by atoms with E-state index in [4.69, 9.17) is 4.74 Å². The average Bonchev–Trinajstić information content (AvgIpc) is 2.79. The van der Waals surface area contributed by atoms with E-state index in [1.54, 1.807) is 31.9 Å². The minimum atomic E-state index is -0.0408. The Labute approximate surface area is 163 Å². The van der Waals surface area contributed by atoms with Gasteiger partial charge in [-0.25, -0.2) is 9.97 Å². The van der Waals surface area contributed by atoms with Crippen LogP contribution in [-0.2, 0) is 0 Å². The summed E-state index contributed by atoms with van der Waals surface area (Å²) in [6.45, 7) is 2.79.